The van der Waals surface area contributed by atoms with Crippen LogP contribution in [0.1, 0.15) is 12.8 Å². The summed E-state index contributed by atoms with van der Waals surface area (Å²) in [6.07, 6.45) is 0.721. The molecule has 0 rings (SSSR count). The maximum absolute atomic E-state index is 9.24. The van der Waals surface area contributed by atoms with Crippen molar-refractivity contribution >= 4 is 19.7 Å². The van der Waals surface area contributed by atoms with Gasteiger partial charge in [-0.1, -0.05) is 24.8 Å². The van der Waals surface area contributed by atoms with Crippen LogP contribution in [0.4, 0.5) is 0 Å². The zero-order valence-electron chi connectivity index (χ0n) is 9.26. The van der Waals surface area contributed by atoms with Crippen LogP contribution >= 0.6 is 11.6 Å². The molecule has 0 saturated heterocycles. The van der Waals surface area contributed by atoms with Crippen molar-refractivity contribution in [1.29, 1.82) is 0 Å². The van der Waals surface area contributed by atoms with E-state index in [0.29, 0.717) is 6.42 Å². The summed E-state index contributed by atoms with van der Waals surface area (Å²) in [5.41, 5.74) is 0. The number of rotatable bonds is 6. The first kappa shape index (κ1) is 14.2. The average molecular weight is 237 g/mol. The van der Waals surface area contributed by atoms with Gasteiger partial charge in [0.25, 0.3) is 0 Å². The van der Waals surface area contributed by atoms with Gasteiger partial charge in [-0.2, -0.15) is 0 Å². The standard InChI is InChI=1S/C10H21ClO2Si/c1-8(14(2,3)4)5-6-9(11)10(13)7-12/h9-10,12-13H,1,5-7H2,2-4H3. The van der Waals surface area contributed by atoms with Crippen molar-refractivity contribution in [3.8, 4) is 0 Å². The van der Waals surface area contributed by atoms with Crippen LogP contribution in [0.25, 0.3) is 0 Å². The fraction of sp³-hybridized carbons (Fsp3) is 0.800. The number of hydrogen-bond donors (Lipinski definition) is 2. The second-order valence-electron chi connectivity index (χ2n) is 4.66. The van der Waals surface area contributed by atoms with Crippen molar-refractivity contribution in [2.24, 2.45) is 0 Å². The van der Waals surface area contributed by atoms with Crippen LogP contribution in [0.15, 0.2) is 11.8 Å². The van der Waals surface area contributed by atoms with Crippen LogP contribution in [-0.4, -0.2) is 36.4 Å². The minimum absolute atomic E-state index is 0.270. The van der Waals surface area contributed by atoms with Crippen molar-refractivity contribution < 1.29 is 10.2 Å². The predicted molar refractivity (Wildman–Crippen MR) is 64.5 cm³/mol. The number of hydrogen-bond acceptors (Lipinski definition) is 2. The number of alkyl halides is 1. The molecular weight excluding hydrogens is 216 g/mol. The molecule has 0 amide bonds. The van der Waals surface area contributed by atoms with E-state index in [9.17, 15) is 5.11 Å². The second-order valence-corrected chi connectivity index (χ2v) is 10.4. The van der Waals surface area contributed by atoms with Crippen LogP contribution in [-0.2, 0) is 0 Å². The topological polar surface area (TPSA) is 40.5 Å². The molecular formula is C10H21ClO2Si. The summed E-state index contributed by atoms with van der Waals surface area (Å²) in [4.78, 5) is 0. The smallest absolute Gasteiger partial charge is 0.0934 e. The van der Waals surface area contributed by atoms with E-state index < -0.39 is 14.2 Å². The van der Waals surface area contributed by atoms with Gasteiger partial charge in [0, 0.05) is 0 Å². The Kier molecular flexibility index (Phi) is 5.98. The molecule has 0 aliphatic heterocycles. The first-order valence-corrected chi connectivity index (χ1v) is 8.84. The Bertz CT molecular complexity index is 189. The number of aliphatic hydroxyl groups is 2. The fourth-order valence-electron chi connectivity index (χ4n) is 0.994. The van der Waals surface area contributed by atoms with Gasteiger partial charge in [0.1, 0.15) is 0 Å². The summed E-state index contributed by atoms with van der Waals surface area (Å²) in [6, 6.07) is 0. The predicted octanol–water partition coefficient (Wildman–Crippen LogP) is 2.16. The van der Waals surface area contributed by atoms with Crippen LogP contribution in [0, 0.1) is 0 Å². The second kappa shape index (κ2) is 5.91. The highest BCUT2D eigenvalue weighted by molar-refractivity contribution is 6.82. The van der Waals surface area contributed by atoms with Gasteiger partial charge in [0.2, 0.25) is 0 Å². The lowest BCUT2D eigenvalue weighted by Crippen LogP contribution is -2.27. The molecule has 0 fully saturated rings. The van der Waals surface area contributed by atoms with Gasteiger partial charge in [-0.25, -0.2) is 0 Å². The lowest BCUT2D eigenvalue weighted by atomic mass is 10.1. The zero-order valence-corrected chi connectivity index (χ0v) is 11.0. The van der Waals surface area contributed by atoms with E-state index in [2.05, 4.69) is 26.2 Å². The summed E-state index contributed by atoms with van der Waals surface area (Å²) in [6.45, 7) is 10.5. The molecule has 0 spiro atoms. The van der Waals surface area contributed by atoms with Crippen molar-refractivity contribution in [1.82, 2.24) is 0 Å². The van der Waals surface area contributed by atoms with Crippen molar-refractivity contribution in [2.75, 3.05) is 6.61 Å². The molecule has 0 heterocycles. The Balaban J connectivity index is 3.89. The minimum Gasteiger partial charge on any atom is -0.394 e. The largest absolute Gasteiger partial charge is 0.394 e. The molecule has 2 unspecified atom stereocenters. The molecule has 14 heavy (non-hydrogen) atoms. The van der Waals surface area contributed by atoms with E-state index in [1.807, 2.05) is 0 Å². The Labute approximate surface area is 92.6 Å². The Hall–Kier alpha value is 0.167. The van der Waals surface area contributed by atoms with E-state index in [1.165, 1.54) is 5.20 Å². The third-order valence-electron chi connectivity index (χ3n) is 2.39. The quantitative estimate of drug-likeness (QED) is 0.548. The molecule has 84 valence electrons. The van der Waals surface area contributed by atoms with Crippen LogP contribution in [0.5, 0.6) is 0 Å². The maximum atomic E-state index is 9.24. The molecule has 4 heteroatoms. The Morgan fingerprint density at radius 2 is 1.93 bits per heavy atom. The summed E-state index contributed by atoms with van der Waals surface area (Å²) in [5.74, 6) is 0. The molecule has 2 atom stereocenters. The van der Waals surface area contributed by atoms with E-state index in [0.717, 1.165) is 6.42 Å². The van der Waals surface area contributed by atoms with E-state index in [1.54, 1.807) is 0 Å². The third-order valence-corrected chi connectivity index (χ3v) is 5.27. The molecule has 2 N–H and O–H groups in total. The summed E-state index contributed by atoms with van der Waals surface area (Å²) >= 11 is 5.89. The van der Waals surface area contributed by atoms with Crippen molar-refractivity contribution in [3.63, 3.8) is 0 Å². The Morgan fingerprint density at radius 3 is 2.29 bits per heavy atom. The average Bonchev–Trinajstić information content (AvgIpc) is 2.10. The molecule has 0 aromatic rings. The summed E-state index contributed by atoms with van der Waals surface area (Å²) in [7, 11) is -1.27. The highest BCUT2D eigenvalue weighted by Crippen LogP contribution is 2.21. The molecule has 0 saturated carbocycles. The van der Waals surface area contributed by atoms with Gasteiger partial charge < -0.3 is 10.2 Å². The molecule has 0 aliphatic carbocycles. The molecule has 0 aromatic carbocycles. The van der Waals surface area contributed by atoms with Gasteiger partial charge in [-0.3, -0.25) is 0 Å². The SMILES string of the molecule is C=C(CCC(Cl)C(O)CO)[Si](C)(C)C. The molecule has 2 nitrogen and oxygen atoms in total. The maximum Gasteiger partial charge on any atom is 0.0934 e. The monoisotopic (exact) mass is 236 g/mol. The highest BCUT2D eigenvalue weighted by Gasteiger charge is 2.20. The highest BCUT2D eigenvalue weighted by atomic mass is 35.5. The van der Waals surface area contributed by atoms with Gasteiger partial charge in [-0.05, 0) is 12.8 Å². The lowest BCUT2D eigenvalue weighted by molar-refractivity contribution is 0.0898. The zero-order chi connectivity index (χ0) is 11.4. The first-order valence-electron chi connectivity index (χ1n) is 4.90. The van der Waals surface area contributed by atoms with Crippen LogP contribution < -0.4 is 0 Å². The third kappa shape index (κ3) is 5.15. The van der Waals surface area contributed by atoms with E-state index in [4.69, 9.17) is 16.7 Å². The van der Waals surface area contributed by atoms with Crippen LogP contribution in [0.2, 0.25) is 19.6 Å². The molecule has 0 radical (unpaired) electrons. The number of allylic oxidation sites excluding steroid dienone is 1. The van der Waals surface area contributed by atoms with Gasteiger partial charge in [0.05, 0.1) is 26.2 Å². The van der Waals surface area contributed by atoms with Crippen LogP contribution in [0.3, 0.4) is 0 Å². The van der Waals surface area contributed by atoms with Crippen molar-refractivity contribution in [3.05, 3.63) is 11.8 Å². The lowest BCUT2D eigenvalue weighted by Gasteiger charge is -2.21. The molecule has 0 aromatic heterocycles. The number of halogens is 1. The summed E-state index contributed by atoms with van der Waals surface area (Å²) < 4.78 is 0. The molecule has 0 bridgehead atoms. The van der Waals surface area contributed by atoms with E-state index in [-0.39, 0.29) is 12.0 Å². The summed E-state index contributed by atoms with van der Waals surface area (Å²) in [5, 5.41) is 18.8. The van der Waals surface area contributed by atoms with Gasteiger partial charge in [-0.15, -0.1) is 18.2 Å². The normalized spacial score (nSPS) is 16.4. The fourth-order valence-corrected chi connectivity index (χ4v) is 2.08. The molecule has 0 aliphatic rings. The van der Waals surface area contributed by atoms with Gasteiger partial charge in [0.15, 0.2) is 0 Å². The first-order chi connectivity index (χ1) is 6.29. The number of aliphatic hydroxyl groups excluding tert-OH is 2. The van der Waals surface area contributed by atoms with Gasteiger partial charge >= 0.3 is 0 Å². The Morgan fingerprint density at radius 1 is 1.43 bits per heavy atom. The minimum atomic E-state index is -1.27. The van der Waals surface area contributed by atoms with Crippen molar-refractivity contribution in [2.45, 2.75) is 44.0 Å². The van der Waals surface area contributed by atoms with E-state index >= 15 is 0 Å².